The summed E-state index contributed by atoms with van der Waals surface area (Å²) in [5.74, 6) is -0.370. The predicted molar refractivity (Wildman–Crippen MR) is 111 cm³/mol. The van der Waals surface area contributed by atoms with Crippen molar-refractivity contribution in [2.24, 2.45) is 16.1 Å². The monoisotopic (exact) mass is 454 g/mol. The molecule has 4 aliphatic rings. The molecule has 0 bridgehead atoms. The molecule has 1 aliphatic carbocycles. The number of allylic oxidation sites excluding steroid dienone is 1. The molecule has 1 aromatic carbocycles. The Morgan fingerprint density at radius 1 is 1.07 bits per heavy atom. The predicted octanol–water partition coefficient (Wildman–Crippen LogP) is 2.43. The van der Waals surface area contributed by atoms with Crippen LogP contribution in [-0.2, 0) is 19.8 Å². The number of amidine groups is 1. The first-order valence-corrected chi connectivity index (χ1v) is 10.2. The zero-order chi connectivity index (χ0) is 20.7. The number of fused-ring (bicyclic) bond motifs is 4. The molecule has 1 aromatic rings. The van der Waals surface area contributed by atoms with Gasteiger partial charge in [-0.05, 0) is 30.0 Å². The van der Waals surface area contributed by atoms with Crippen LogP contribution in [-0.4, -0.2) is 23.3 Å². The summed E-state index contributed by atoms with van der Waals surface area (Å²) < 4.78 is 0.754. The van der Waals surface area contributed by atoms with Crippen molar-refractivity contribution in [3.05, 3.63) is 50.9 Å². The fourth-order valence-electron chi connectivity index (χ4n) is 5.00. The average Bonchev–Trinajstić information content (AvgIpc) is 2.85. The molecule has 29 heavy (non-hydrogen) atoms. The molecular weight excluding hydrogens is 436 g/mol. The number of dihydropyridines is 1. The van der Waals surface area contributed by atoms with E-state index in [2.05, 4.69) is 31.6 Å². The molecule has 1 atom stereocenters. The molecule has 3 aliphatic heterocycles. The van der Waals surface area contributed by atoms with Gasteiger partial charge < -0.3 is 16.4 Å². The highest BCUT2D eigenvalue weighted by Gasteiger charge is 2.61. The maximum atomic E-state index is 13.6. The van der Waals surface area contributed by atoms with Crippen molar-refractivity contribution in [2.45, 2.75) is 38.5 Å². The maximum Gasteiger partial charge on any atom is 0.244 e. The van der Waals surface area contributed by atoms with Crippen molar-refractivity contribution in [3.8, 4) is 0 Å². The van der Waals surface area contributed by atoms with Crippen molar-refractivity contribution >= 4 is 44.9 Å². The normalized spacial score (nSPS) is 27.3. The van der Waals surface area contributed by atoms with Crippen molar-refractivity contribution in [1.29, 1.82) is 0 Å². The number of nitrogens with zero attached hydrogens (tertiary/aromatic N) is 1. The molecule has 148 valence electrons. The number of halogens is 1. The van der Waals surface area contributed by atoms with Crippen LogP contribution in [0.5, 0.6) is 0 Å². The molecular formula is C21H19BrN4O3. The fraction of sp³-hybridized carbons (Fsp3) is 0.333. The lowest BCUT2D eigenvalue weighted by molar-refractivity contribution is -0.125. The Labute approximate surface area is 175 Å². The van der Waals surface area contributed by atoms with E-state index in [1.165, 1.54) is 0 Å². The minimum atomic E-state index is -1.51. The molecule has 8 heteroatoms. The summed E-state index contributed by atoms with van der Waals surface area (Å²) in [5, 5.41) is 6.06. The number of nitrogens with one attached hydrogen (secondary N) is 2. The second-order valence-corrected chi connectivity index (χ2v) is 9.66. The van der Waals surface area contributed by atoms with E-state index in [1.54, 1.807) is 12.1 Å². The molecule has 1 spiro atoms. The van der Waals surface area contributed by atoms with E-state index in [0.717, 1.165) is 4.47 Å². The Bertz CT molecular complexity index is 1140. The first kappa shape index (κ1) is 18.3. The number of hydrogen-bond donors (Lipinski definition) is 3. The lowest BCUT2D eigenvalue weighted by Gasteiger charge is -2.44. The number of ketones is 2. The van der Waals surface area contributed by atoms with Gasteiger partial charge in [-0.1, -0.05) is 29.8 Å². The molecule has 0 radical (unpaired) electrons. The highest BCUT2D eigenvalue weighted by molar-refractivity contribution is 9.10. The van der Waals surface area contributed by atoms with E-state index < -0.39 is 11.3 Å². The van der Waals surface area contributed by atoms with Gasteiger partial charge >= 0.3 is 0 Å². The first-order chi connectivity index (χ1) is 13.6. The number of carbonyl (C=O) groups excluding carboxylic acids is 3. The van der Waals surface area contributed by atoms with E-state index >= 15 is 0 Å². The van der Waals surface area contributed by atoms with Gasteiger partial charge in [0.1, 0.15) is 17.1 Å². The summed E-state index contributed by atoms with van der Waals surface area (Å²) in [5.41, 5.74) is 6.48. The summed E-state index contributed by atoms with van der Waals surface area (Å²) in [7, 11) is 0. The van der Waals surface area contributed by atoms with Crippen molar-refractivity contribution < 1.29 is 14.4 Å². The lowest BCUT2D eigenvalue weighted by atomic mass is 9.60. The van der Waals surface area contributed by atoms with Gasteiger partial charge in [0.05, 0.1) is 12.0 Å². The minimum absolute atomic E-state index is 0.0822. The summed E-state index contributed by atoms with van der Waals surface area (Å²) in [6.07, 6.45) is 0.780. The molecule has 0 fully saturated rings. The third-order valence-electron chi connectivity index (χ3n) is 5.98. The lowest BCUT2D eigenvalue weighted by Crippen LogP contribution is -2.53. The van der Waals surface area contributed by atoms with Crippen molar-refractivity contribution in [3.63, 3.8) is 0 Å². The minimum Gasteiger partial charge on any atom is -0.387 e. The zero-order valence-corrected chi connectivity index (χ0v) is 17.6. The maximum absolute atomic E-state index is 13.6. The first-order valence-electron chi connectivity index (χ1n) is 9.40. The van der Waals surface area contributed by atoms with Crippen LogP contribution in [0.15, 0.2) is 50.3 Å². The summed E-state index contributed by atoms with van der Waals surface area (Å²) in [6.45, 7) is 4.02. The largest absolute Gasteiger partial charge is 0.387 e. The number of benzene rings is 1. The van der Waals surface area contributed by atoms with Gasteiger partial charge in [-0.25, -0.2) is 4.99 Å². The third kappa shape index (κ3) is 2.35. The van der Waals surface area contributed by atoms with Crippen molar-refractivity contribution in [1.82, 2.24) is 5.32 Å². The van der Waals surface area contributed by atoms with E-state index in [9.17, 15) is 14.4 Å². The quantitative estimate of drug-likeness (QED) is 0.556. The van der Waals surface area contributed by atoms with Gasteiger partial charge in [0.25, 0.3) is 0 Å². The second kappa shape index (κ2) is 5.66. The Hall–Kier alpha value is -2.74. The van der Waals surface area contributed by atoms with Crippen LogP contribution in [0.3, 0.4) is 0 Å². The standard InChI is InChI=1S/C21H19BrN4O3/c1-20(2)7-12-16(14(28)8-20)21(17-13(27)6-15(23)26-18(17)24-12)10-5-9(22)3-4-11(10)25-19(21)29/h3-5,24H,6-8H2,1-2H3,(H2,23,26)(H,25,29). The topological polar surface area (TPSA) is 114 Å². The van der Waals surface area contributed by atoms with Crippen LogP contribution in [0, 0.1) is 5.41 Å². The van der Waals surface area contributed by atoms with Crippen LogP contribution in [0.2, 0.25) is 0 Å². The van der Waals surface area contributed by atoms with Crippen LogP contribution >= 0.6 is 15.9 Å². The van der Waals surface area contributed by atoms with Crippen LogP contribution in [0.4, 0.5) is 5.69 Å². The Balaban J connectivity index is 1.90. The zero-order valence-electron chi connectivity index (χ0n) is 16.0. The van der Waals surface area contributed by atoms with Crippen LogP contribution < -0.4 is 16.4 Å². The van der Waals surface area contributed by atoms with E-state index in [1.807, 2.05) is 19.9 Å². The average molecular weight is 455 g/mol. The van der Waals surface area contributed by atoms with E-state index in [4.69, 9.17) is 5.73 Å². The van der Waals surface area contributed by atoms with Gasteiger partial charge in [-0.15, -0.1) is 0 Å². The van der Waals surface area contributed by atoms with Crippen LogP contribution in [0.25, 0.3) is 0 Å². The molecule has 1 amide bonds. The summed E-state index contributed by atoms with van der Waals surface area (Å²) in [6, 6.07) is 5.39. The highest BCUT2D eigenvalue weighted by atomic mass is 79.9. The second-order valence-electron chi connectivity index (χ2n) is 8.74. The number of aliphatic imine (C=N–C) groups is 1. The number of amides is 1. The fourth-order valence-corrected chi connectivity index (χ4v) is 5.36. The van der Waals surface area contributed by atoms with Gasteiger partial charge in [-0.2, -0.15) is 0 Å². The molecule has 4 N–H and O–H groups in total. The number of hydrogen-bond acceptors (Lipinski definition) is 6. The van der Waals surface area contributed by atoms with E-state index in [0.29, 0.717) is 35.4 Å². The Morgan fingerprint density at radius 3 is 2.59 bits per heavy atom. The Kier molecular flexibility index (Phi) is 3.57. The van der Waals surface area contributed by atoms with E-state index in [-0.39, 0.29) is 40.6 Å². The molecule has 3 heterocycles. The molecule has 0 saturated carbocycles. The molecule has 7 nitrogen and oxygen atoms in total. The van der Waals surface area contributed by atoms with Gasteiger partial charge in [-0.3, -0.25) is 14.4 Å². The molecule has 0 aromatic heterocycles. The van der Waals surface area contributed by atoms with Gasteiger partial charge in [0, 0.05) is 33.4 Å². The van der Waals surface area contributed by atoms with Crippen LogP contribution in [0.1, 0.15) is 38.7 Å². The molecule has 1 unspecified atom stereocenters. The van der Waals surface area contributed by atoms with Gasteiger partial charge in [0.15, 0.2) is 11.6 Å². The highest BCUT2D eigenvalue weighted by Crippen LogP contribution is 2.56. The number of rotatable bonds is 0. The Morgan fingerprint density at radius 2 is 1.83 bits per heavy atom. The van der Waals surface area contributed by atoms with Crippen molar-refractivity contribution in [2.75, 3.05) is 5.32 Å². The van der Waals surface area contributed by atoms with Gasteiger partial charge in [0.2, 0.25) is 5.91 Å². The molecule has 5 rings (SSSR count). The number of nitrogens with two attached hydrogens (primary N) is 1. The number of anilines is 1. The third-order valence-corrected chi connectivity index (χ3v) is 6.47. The summed E-state index contributed by atoms with van der Waals surface area (Å²) >= 11 is 3.46. The number of carbonyl (C=O) groups is 3. The SMILES string of the molecule is CC1(C)CC(=O)C2=C(C1)NC1=C(C(=O)CC(N)=N1)C21C(=O)Nc2ccc(Br)cc21. The number of Topliss-reactive ketones (excluding diaryl/α,β-unsaturated/α-hetero) is 2. The smallest absolute Gasteiger partial charge is 0.244 e. The summed E-state index contributed by atoms with van der Waals surface area (Å²) in [4.78, 5) is 44.5. The molecule has 0 saturated heterocycles.